The maximum atomic E-state index is 14.6. The number of carbonyl (C=O) groups excluding carboxylic acids is 1. The van der Waals surface area contributed by atoms with Crippen LogP contribution in [0.5, 0.6) is 17.2 Å². The fourth-order valence-corrected chi connectivity index (χ4v) is 13.2. The molecular weight excluding hydrogens is 585 g/mol. The second kappa shape index (κ2) is 12.2. The molecule has 2 aliphatic carbocycles. The number of fused-ring (bicyclic) bond motifs is 2. The van der Waals surface area contributed by atoms with Crippen LogP contribution in [0.15, 0.2) is 87.5 Å². The molecule has 2 atom stereocenters. The number of hydrogen-bond donors (Lipinski definition) is 0. The lowest BCUT2D eigenvalue weighted by Gasteiger charge is -2.42. The maximum absolute atomic E-state index is 14.6. The Morgan fingerprint density at radius 3 is 1.72 bits per heavy atom. The SMILES string of the molecule is CCOc1cc(OCC)c(S(OS(=O)(=O)CC23CCC(CC2=O)C3(C)C)(c2ccccc2)c2ccccc2)c(OCC)c1. The lowest BCUT2D eigenvalue weighted by Crippen LogP contribution is -2.42. The molecule has 2 aliphatic rings. The predicted octanol–water partition coefficient (Wildman–Crippen LogP) is 7.82. The molecule has 0 saturated heterocycles. The molecule has 0 radical (unpaired) electrons. The van der Waals surface area contributed by atoms with Crippen LogP contribution in [0.1, 0.15) is 53.9 Å². The zero-order chi connectivity index (χ0) is 30.9. The van der Waals surface area contributed by atoms with E-state index in [1.807, 2.05) is 95.3 Å². The summed E-state index contributed by atoms with van der Waals surface area (Å²) in [7, 11) is -7.38. The second-order valence-electron chi connectivity index (χ2n) is 11.7. The van der Waals surface area contributed by atoms with Gasteiger partial charge in [-0.15, -0.1) is 0 Å². The van der Waals surface area contributed by atoms with Gasteiger partial charge in [-0.25, -0.2) is 3.63 Å². The molecule has 3 aromatic rings. The summed E-state index contributed by atoms with van der Waals surface area (Å²) in [6.45, 7) is 10.8. The van der Waals surface area contributed by atoms with Gasteiger partial charge in [0.1, 0.15) is 27.9 Å². The topological polar surface area (TPSA) is 88.1 Å². The van der Waals surface area contributed by atoms with Crippen molar-refractivity contribution in [2.45, 2.75) is 68.6 Å². The van der Waals surface area contributed by atoms with Gasteiger partial charge < -0.3 is 14.2 Å². The Kier molecular flexibility index (Phi) is 8.89. The van der Waals surface area contributed by atoms with Crippen molar-refractivity contribution < 1.29 is 31.1 Å². The molecule has 43 heavy (non-hydrogen) atoms. The normalized spacial score (nSPS) is 21.5. The number of benzene rings is 3. The Labute approximate surface area is 257 Å². The first kappa shape index (κ1) is 31.4. The van der Waals surface area contributed by atoms with E-state index in [9.17, 15) is 13.2 Å². The first-order chi connectivity index (χ1) is 20.5. The minimum Gasteiger partial charge on any atom is -0.494 e. The molecule has 3 aromatic carbocycles. The summed E-state index contributed by atoms with van der Waals surface area (Å²) in [6, 6.07) is 22.3. The van der Waals surface area contributed by atoms with Crippen molar-refractivity contribution in [3.8, 4) is 17.2 Å². The van der Waals surface area contributed by atoms with E-state index in [0.29, 0.717) is 64.6 Å². The van der Waals surface area contributed by atoms with Crippen molar-refractivity contribution in [3.63, 3.8) is 0 Å². The minimum atomic E-state index is -4.32. The van der Waals surface area contributed by atoms with Crippen LogP contribution < -0.4 is 14.2 Å². The van der Waals surface area contributed by atoms with Gasteiger partial charge in [-0.3, -0.25) is 4.79 Å². The van der Waals surface area contributed by atoms with Crippen molar-refractivity contribution in [2.75, 3.05) is 25.6 Å². The van der Waals surface area contributed by atoms with Crippen molar-refractivity contribution in [1.82, 2.24) is 0 Å². The molecule has 2 unspecified atom stereocenters. The molecule has 0 heterocycles. The quantitative estimate of drug-likeness (QED) is 0.191. The largest absolute Gasteiger partial charge is 0.494 e. The summed E-state index contributed by atoms with van der Waals surface area (Å²) in [4.78, 5) is 15.3. The van der Waals surface area contributed by atoms with E-state index in [2.05, 4.69) is 0 Å². The van der Waals surface area contributed by atoms with E-state index < -0.39 is 31.3 Å². The highest BCUT2D eigenvalue weighted by molar-refractivity contribution is 8.33. The summed E-state index contributed by atoms with van der Waals surface area (Å²) in [5, 5.41) is 0. The van der Waals surface area contributed by atoms with Crippen molar-refractivity contribution in [3.05, 3.63) is 72.8 Å². The number of ether oxygens (including phenoxy) is 3. The van der Waals surface area contributed by atoms with Gasteiger partial charge in [-0.2, -0.15) is 8.42 Å². The van der Waals surface area contributed by atoms with Gasteiger partial charge in [0.2, 0.25) is 0 Å². The molecule has 2 saturated carbocycles. The molecule has 0 amide bonds. The molecule has 9 heteroatoms. The number of Topliss-reactive ketones (excluding diaryl/α,β-unsaturated/α-hetero) is 1. The lowest BCUT2D eigenvalue weighted by molar-refractivity contribution is -0.128. The van der Waals surface area contributed by atoms with E-state index >= 15 is 0 Å². The summed E-state index contributed by atoms with van der Waals surface area (Å²) in [5.74, 6) is 1.21. The Bertz CT molecular complexity index is 1490. The third-order valence-corrected chi connectivity index (χ3v) is 14.5. The first-order valence-electron chi connectivity index (χ1n) is 15.0. The number of hydrogen-bond acceptors (Lipinski definition) is 7. The van der Waals surface area contributed by atoms with Crippen LogP contribution in [-0.4, -0.2) is 39.8 Å². The number of ketones is 1. The predicted molar refractivity (Wildman–Crippen MR) is 169 cm³/mol. The van der Waals surface area contributed by atoms with Gasteiger partial charge in [0, 0.05) is 28.3 Å². The van der Waals surface area contributed by atoms with E-state index in [1.54, 1.807) is 12.1 Å². The van der Waals surface area contributed by atoms with Crippen molar-refractivity contribution in [2.24, 2.45) is 16.7 Å². The second-order valence-corrected chi connectivity index (χ2v) is 16.1. The van der Waals surface area contributed by atoms with Crippen LogP contribution in [0.4, 0.5) is 0 Å². The van der Waals surface area contributed by atoms with E-state index in [-0.39, 0.29) is 17.5 Å². The van der Waals surface area contributed by atoms with Gasteiger partial charge in [-0.05, 0) is 79.5 Å². The van der Waals surface area contributed by atoms with Crippen LogP contribution in [0, 0.1) is 16.7 Å². The molecule has 2 bridgehead atoms. The van der Waals surface area contributed by atoms with Gasteiger partial charge >= 0.3 is 0 Å². The standard InChI is InChI=1S/C34H42O7S2/c1-6-38-26-22-29(39-7-2)32(30(23-26)40-8-3)43(27-15-11-9-12-16-27,28-17-13-10-14-18-28)41-42(36,37)24-34-20-19-25(21-31(34)35)33(34,4)5/h9-18,22-23,25H,6-8,19-21,24H2,1-5H3. The summed E-state index contributed by atoms with van der Waals surface area (Å²) in [6.07, 6.45) is 1.80. The molecule has 0 aliphatic heterocycles. The highest BCUT2D eigenvalue weighted by Crippen LogP contribution is 2.75. The number of carbonyl (C=O) groups is 1. The van der Waals surface area contributed by atoms with Crippen LogP contribution in [-0.2, 0) is 18.5 Å². The van der Waals surface area contributed by atoms with E-state index in [1.165, 1.54) is 0 Å². The lowest BCUT2D eigenvalue weighted by atomic mass is 9.70. The summed E-state index contributed by atoms with van der Waals surface area (Å²) >= 11 is 0. The summed E-state index contributed by atoms with van der Waals surface area (Å²) in [5.41, 5.74) is -1.43. The maximum Gasteiger partial charge on any atom is 0.278 e. The average Bonchev–Trinajstić information content (AvgIpc) is 3.32. The first-order valence-corrected chi connectivity index (χ1v) is 18.1. The highest BCUT2D eigenvalue weighted by atomic mass is 32.3. The van der Waals surface area contributed by atoms with Gasteiger partial charge in [-0.1, -0.05) is 50.2 Å². The van der Waals surface area contributed by atoms with Gasteiger partial charge in [0.25, 0.3) is 10.1 Å². The van der Waals surface area contributed by atoms with E-state index in [0.717, 1.165) is 6.42 Å². The highest BCUT2D eigenvalue weighted by Gasteiger charge is 2.66. The molecule has 0 spiro atoms. The van der Waals surface area contributed by atoms with Crippen LogP contribution in [0.25, 0.3) is 0 Å². The van der Waals surface area contributed by atoms with Crippen LogP contribution in [0.2, 0.25) is 0 Å². The molecule has 232 valence electrons. The third-order valence-electron chi connectivity index (χ3n) is 9.11. The monoisotopic (exact) mass is 626 g/mol. The van der Waals surface area contributed by atoms with Crippen LogP contribution >= 0.6 is 10.3 Å². The Balaban J connectivity index is 1.80. The average molecular weight is 627 g/mol. The summed E-state index contributed by atoms with van der Waals surface area (Å²) < 4.78 is 54.2. The molecular formula is C34H42O7S2. The molecule has 0 N–H and O–H groups in total. The van der Waals surface area contributed by atoms with Crippen molar-refractivity contribution in [1.29, 1.82) is 0 Å². The van der Waals surface area contributed by atoms with E-state index in [4.69, 9.17) is 17.8 Å². The van der Waals surface area contributed by atoms with Gasteiger partial charge in [0.05, 0.1) is 31.0 Å². The molecule has 5 rings (SSSR count). The Morgan fingerprint density at radius 1 is 0.791 bits per heavy atom. The van der Waals surface area contributed by atoms with Crippen LogP contribution in [0.3, 0.4) is 0 Å². The molecule has 0 aromatic heterocycles. The molecule has 2 fully saturated rings. The fourth-order valence-electron chi connectivity index (χ4n) is 6.91. The van der Waals surface area contributed by atoms with Gasteiger partial charge in [0.15, 0.2) is 0 Å². The zero-order valence-electron chi connectivity index (χ0n) is 25.6. The minimum absolute atomic E-state index is 0.0204. The smallest absolute Gasteiger partial charge is 0.278 e. The number of rotatable bonds is 13. The Morgan fingerprint density at radius 2 is 1.30 bits per heavy atom. The fraction of sp³-hybridized carbons (Fsp3) is 0.441. The van der Waals surface area contributed by atoms with Crippen molar-refractivity contribution >= 4 is 26.2 Å². The zero-order valence-corrected chi connectivity index (χ0v) is 27.3. The molecule has 7 nitrogen and oxygen atoms in total. The Hall–Kier alpha value is -3.01. The third kappa shape index (κ3) is 5.44.